The van der Waals surface area contributed by atoms with Crippen LogP contribution in [-0.4, -0.2) is 23.4 Å². The van der Waals surface area contributed by atoms with Gasteiger partial charge in [0.05, 0.1) is 6.07 Å². The molecule has 3 aliphatic carbocycles. The first kappa shape index (κ1) is 19.5. The van der Waals surface area contributed by atoms with Gasteiger partial charge in [0.25, 0.3) is 0 Å². The highest BCUT2D eigenvalue weighted by Crippen LogP contribution is 2.65. The van der Waals surface area contributed by atoms with Crippen molar-refractivity contribution in [1.29, 1.82) is 5.26 Å². The summed E-state index contributed by atoms with van der Waals surface area (Å²) in [6, 6.07) is 2.43. The Balaban J connectivity index is 1.57. The summed E-state index contributed by atoms with van der Waals surface area (Å²) in [6.45, 7) is 8.17. The van der Waals surface area contributed by atoms with Gasteiger partial charge in [-0.2, -0.15) is 5.26 Å². The Kier molecular flexibility index (Phi) is 4.41. The van der Waals surface area contributed by atoms with E-state index in [9.17, 15) is 14.9 Å². The summed E-state index contributed by atoms with van der Waals surface area (Å²) in [5, 5.41) is 15.5. The summed E-state index contributed by atoms with van der Waals surface area (Å²) in [4.78, 5) is 24.9. The molecule has 5 nitrogen and oxygen atoms in total. The lowest BCUT2D eigenvalue weighted by atomic mass is 9.48. The molecule has 0 aromatic rings. The molecule has 4 aliphatic rings. The summed E-state index contributed by atoms with van der Waals surface area (Å²) in [5.74, 6) is 1.83. The van der Waals surface area contributed by atoms with E-state index in [1.165, 1.54) is 0 Å². The molecule has 0 radical (unpaired) electrons. The fourth-order valence-corrected chi connectivity index (χ4v) is 7.19. The molecule has 1 heterocycles. The highest BCUT2D eigenvalue weighted by Gasteiger charge is 2.61. The zero-order valence-electron chi connectivity index (χ0n) is 17.5. The highest BCUT2D eigenvalue weighted by molar-refractivity contribution is 5.89. The minimum Gasteiger partial charge on any atom is -0.349 e. The SMILES string of the molecule is CC(C)(C#N)NC(=O)C1CCC2C3CCC4NC(=O)C=CC4(C)C3CCC12C. The van der Waals surface area contributed by atoms with Crippen LogP contribution in [0, 0.1) is 45.8 Å². The van der Waals surface area contributed by atoms with Crippen LogP contribution in [0.5, 0.6) is 0 Å². The minimum atomic E-state index is -0.820. The minimum absolute atomic E-state index is 0.00166. The van der Waals surface area contributed by atoms with Gasteiger partial charge in [0.15, 0.2) is 0 Å². The predicted octanol–water partition coefficient (Wildman–Crippen LogP) is 3.32. The first-order valence-electron chi connectivity index (χ1n) is 10.8. The van der Waals surface area contributed by atoms with Gasteiger partial charge in [-0.25, -0.2) is 0 Å². The molecule has 0 aromatic carbocycles. The maximum Gasteiger partial charge on any atom is 0.243 e. The summed E-state index contributed by atoms with van der Waals surface area (Å²) < 4.78 is 0. The Labute approximate surface area is 168 Å². The second-order valence-corrected chi connectivity index (χ2v) is 10.6. The van der Waals surface area contributed by atoms with Crippen molar-refractivity contribution in [2.45, 2.75) is 77.8 Å². The lowest BCUT2D eigenvalue weighted by molar-refractivity contribution is -0.135. The van der Waals surface area contributed by atoms with Crippen molar-refractivity contribution in [3.05, 3.63) is 12.2 Å². The van der Waals surface area contributed by atoms with E-state index in [-0.39, 0.29) is 34.6 Å². The smallest absolute Gasteiger partial charge is 0.243 e. The van der Waals surface area contributed by atoms with Gasteiger partial charge in [-0.05, 0) is 81.6 Å². The molecular weight excluding hydrogens is 350 g/mol. The van der Waals surface area contributed by atoms with Crippen molar-refractivity contribution in [3.63, 3.8) is 0 Å². The van der Waals surface area contributed by atoms with Crippen molar-refractivity contribution in [3.8, 4) is 6.07 Å². The number of carbonyl (C=O) groups is 2. The van der Waals surface area contributed by atoms with Crippen molar-refractivity contribution in [1.82, 2.24) is 10.6 Å². The van der Waals surface area contributed by atoms with Gasteiger partial charge in [0.1, 0.15) is 5.54 Å². The van der Waals surface area contributed by atoms with E-state index in [2.05, 4.69) is 36.6 Å². The molecule has 7 atom stereocenters. The van der Waals surface area contributed by atoms with E-state index >= 15 is 0 Å². The van der Waals surface area contributed by atoms with Gasteiger partial charge < -0.3 is 10.6 Å². The van der Waals surface area contributed by atoms with Crippen LogP contribution in [0.25, 0.3) is 0 Å². The highest BCUT2D eigenvalue weighted by atomic mass is 16.2. The third kappa shape index (κ3) is 2.79. The average Bonchev–Trinajstić information content (AvgIpc) is 2.99. The number of rotatable bonds is 2. The van der Waals surface area contributed by atoms with Gasteiger partial charge in [-0.3, -0.25) is 9.59 Å². The van der Waals surface area contributed by atoms with Crippen molar-refractivity contribution < 1.29 is 9.59 Å². The Morgan fingerprint density at radius 2 is 1.96 bits per heavy atom. The fraction of sp³-hybridized carbons (Fsp3) is 0.783. The molecule has 7 unspecified atom stereocenters. The van der Waals surface area contributed by atoms with E-state index < -0.39 is 5.54 Å². The topological polar surface area (TPSA) is 82.0 Å². The Morgan fingerprint density at radius 1 is 1.21 bits per heavy atom. The second-order valence-electron chi connectivity index (χ2n) is 10.6. The average molecular weight is 384 g/mol. The molecule has 5 heteroatoms. The van der Waals surface area contributed by atoms with Crippen LogP contribution < -0.4 is 10.6 Å². The molecule has 2 N–H and O–H groups in total. The lowest BCUT2D eigenvalue weighted by Crippen LogP contribution is -2.59. The van der Waals surface area contributed by atoms with Crippen LogP contribution >= 0.6 is 0 Å². The zero-order chi connectivity index (χ0) is 20.3. The molecule has 28 heavy (non-hydrogen) atoms. The Hall–Kier alpha value is -1.83. The first-order valence-corrected chi connectivity index (χ1v) is 10.8. The maximum absolute atomic E-state index is 13.0. The third-order valence-electron chi connectivity index (χ3n) is 8.72. The molecule has 152 valence electrons. The number of nitrogens with zero attached hydrogens (tertiary/aromatic N) is 1. The summed E-state index contributed by atoms with van der Waals surface area (Å²) >= 11 is 0. The molecule has 1 aliphatic heterocycles. The Morgan fingerprint density at radius 3 is 2.68 bits per heavy atom. The van der Waals surface area contributed by atoms with Crippen molar-refractivity contribution in [2.75, 3.05) is 0 Å². The quantitative estimate of drug-likeness (QED) is 0.767. The second kappa shape index (κ2) is 6.34. The van der Waals surface area contributed by atoms with Gasteiger partial charge in [0, 0.05) is 17.4 Å². The number of fused-ring (bicyclic) bond motifs is 5. The number of nitriles is 1. The molecule has 4 rings (SSSR count). The summed E-state index contributed by atoms with van der Waals surface area (Å²) in [5.41, 5.74) is -0.776. The number of hydrogen-bond acceptors (Lipinski definition) is 3. The van der Waals surface area contributed by atoms with E-state index in [0.29, 0.717) is 17.8 Å². The normalized spacial score (nSPS) is 44.5. The van der Waals surface area contributed by atoms with Crippen molar-refractivity contribution in [2.24, 2.45) is 34.5 Å². The standard InChI is InChI=1S/C23H33N3O2/c1-21(2,13-24)26-20(28)17-7-6-15-14-5-8-18-23(4,12-10-19(27)25-18)16(14)9-11-22(15,17)3/h10,12,14-18H,5-9,11H2,1-4H3,(H,25,27)(H,26,28). The zero-order valence-corrected chi connectivity index (χ0v) is 17.5. The molecule has 0 spiro atoms. The molecule has 2 amide bonds. The maximum atomic E-state index is 13.0. The number of hydrogen-bond donors (Lipinski definition) is 2. The summed E-state index contributed by atoms with van der Waals surface area (Å²) in [6.07, 6.45) is 10.2. The van der Waals surface area contributed by atoms with Gasteiger partial charge in [0.2, 0.25) is 11.8 Å². The van der Waals surface area contributed by atoms with Gasteiger partial charge >= 0.3 is 0 Å². The molecule has 0 bridgehead atoms. The van der Waals surface area contributed by atoms with E-state index in [1.54, 1.807) is 19.9 Å². The van der Waals surface area contributed by atoms with Crippen LogP contribution in [0.2, 0.25) is 0 Å². The number of carbonyl (C=O) groups excluding carboxylic acids is 2. The molecule has 0 saturated heterocycles. The van der Waals surface area contributed by atoms with Crippen molar-refractivity contribution >= 4 is 11.8 Å². The van der Waals surface area contributed by atoms with Gasteiger partial charge in [-0.15, -0.1) is 0 Å². The van der Waals surface area contributed by atoms with Crippen LogP contribution in [0.3, 0.4) is 0 Å². The van der Waals surface area contributed by atoms with E-state index in [4.69, 9.17) is 0 Å². The van der Waals surface area contributed by atoms with Crippen LogP contribution in [0.15, 0.2) is 12.2 Å². The summed E-state index contributed by atoms with van der Waals surface area (Å²) in [7, 11) is 0. The number of nitrogens with one attached hydrogen (secondary N) is 2. The van der Waals surface area contributed by atoms with Crippen LogP contribution in [0.1, 0.15) is 66.2 Å². The van der Waals surface area contributed by atoms with Crippen LogP contribution in [-0.2, 0) is 9.59 Å². The molecular formula is C23H33N3O2. The monoisotopic (exact) mass is 383 g/mol. The molecule has 0 aromatic heterocycles. The molecule has 3 fully saturated rings. The van der Waals surface area contributed by atoms with Gasteiger partial charge in [-0.1, -0.05) is 19.9 Å². The number of amides is 2. The fourth-order valence-electron chi connectivity index (χ4n) is 7.19. The Bertz CT molecular complexity index is 766. The predicted molar refractivity (Wildman–Crippen MR) is 107 cm³/mol. The van der Waals surface area contributed by atoms with E-state index in [1.807, 2.05) is 0 Å². The first-order chi connectivity index (χ1) is 13.1. The third-order valence-corrected chi connectivity index (χ3v) is 8.72. The largest absolute Gasteiger partial charge is 0.349 e. The van der Waals surface area contributed by atoms with E-state index in [0.717, 1.165) is 38.5 Å². The lowest BCUT2D eigenvalue weighted by Gasteiger charge is -2.58. The molecule has 3 saturated carbocycles. The van der Waals surface area contributed by atoms with Crippen LogP contribution in [0.4, 0.5) is 0 Å².